The smallest absolute Gasteiger partial charge is 0.228 e. The van der Waals surface area contributed by atoms with Gasteiger partial charge in [-0.15, -0.1) is 0 Å². The van der Waals surface area contributed by atoms with Crippen molar-refractivity contribution in [3.63, 3.8) is 0 Å². The van der Waals surface area contributed by atoms with E-state index in [1.54, 1.807) is 11.8 Å². The SMILES string of the molecule is CCCCCCCCCCCCCCCSc1nc(NCCCCCCCCCCC)nc(NCCN2CCN(C)CC2)n1. The normalized spacial score (nSPS) is 14.3. The largest absolute Gasteiger partial charge is 0.354 e. The van der Waals surface area contributed by atoms with Crippen molar-refractivity contribution >= 4 is 23.7 Å². The number of likely N-dealkylation sites (N-methyl/N-ethyl adjacent to an activating group) is 1. The lowest BCUT2D eigenvalue weighted by atomic mass is 10.1. The van der Waals surface area contributed by atoms with Gasteiger partial charge in [0.15, 0.2) is 5.16 Å². The van der Waals surface area contributed by atoms with Crippen LogP contribution in [0.2, 0.25) is 0 Å². The van der Waals surface area contributed by atoms with Gasteiger partial charge in [0.1, 0.15) is 0 Å². The molecule has 0 unspecified atom stereocenters. The number of unbranched alkanes of at least 4 members (excludes halogenated alkanes) is 20. The van der Waals surface area contributed by atoms with E-state index < -0.39 is 0 Å². The minimum absolute atomic E-state index is 0.719. The molecule has 0 saturated carbocycles. The van der Waals surface area contributed by atoms with Crippen LogP contribution in [0.5, 0.6) is 0 Å². The molecule has 1 aliphatic heterocycles. The van der Waals surface area contributed by atoms with Crippen LogP contribution >= 0.6 is 11.8 Å². The van der Waals surface area contributed by atoms with Crippen LogP contribution in [0.15, 0.2) is 5.16 Å². The molecule has 1 fully saturated rings. The Morgan fingerprint density at radius 3 is 1.45 bits per heavy atom. The van der Waals surface area contributed by atoms with E-state index in [-0.39, 0.29) is 0 Å². The second-order valence-corrected chi connectivity index (χ2v) is 14.2. The number of aromatic nitrogens is 3. The molecule has 1 aromatic heterocycles. The Morgan fingerprint density at radius 2 is 0.955 bits per heavy atom. The molecule has 0 spiro atoms. The first-order chi connectivity index (χ1) is 21.7. The lowest BCUT2D eigenvalue weighted by molar-refractivity contribution is 0.158. The molecule has 1 aromatic rings. The number of rotatable bonds is 30. The van der Waals surface area contributed by atoms with E-state index in [1.165, 1.54) is 141 Å². The Balaban J connectivity index is 1.65. The lowest BCUT2D eigenvalue weighted by Gasteiger charge is -2.32. The summed E-state index contributed by atoms with van der Waals surface area (Å²) in [4.78, 5) is 19.2. The minimum Gasteiger partial charge on any atom is -0.354 e. The van der Waals surface area contributed by atoms with Crippen LogP contribution in [-0.4, -0.2) is 83.4 Å². The van der Waals surface area contributed by atoms with Crippen molar-refractivity contribution in [2.75, 3.05) is 69.2 Å². The maximum atomic E-state index is 4.79. The summed E-state index contributed by atoms with van der Waals surface area (Å²) in [5, 5.41) is 7.87. The summed E-state index contributed by atoms with van der Waals surface area (Å²) >= 11 is 1.79. The molecule has 2 rings (SSSR count). The number of hydrogen-bond acceptors (Lipinski definition) is 8. The molecule has 256 valence electrons. The van der Waals surface area contributed by atoms with Gasteiger partial charge >= 0.3 is 0 Å². The number of nitrogens with one attached hydrogen (secondary N) is 2. The third kappa shape index (κ3) is 21.6. The number of anilines is 2. The summed E-state index contributed by atoms with van der Waals surface area (Å²) in [5.41, 5.74) is 0. The van der Waals surface area contributed by atoms with E-state index in [0.29, 0.717) is 0 Å². The lowest BCUT2D eigenvalue weighted by Crippen LogP contribution is -2.45. The summed E-state index contributed by atoms with van der Waals surface area (Å²) < 4.78 is 0. The van der Waals surface area contributed by atoms with Crippen molar-refractivity contribution in [1.82, 2.24) is 24.8 Å². The fourth-order valence-corrected chi connectivity index (χ4v) is 6.73. The third-order valence-electron chi connectivity index (χ3n) is 8.96. The molecule has 44 heavy (non-hydrogen) atoms. The molecule has 7 nitrogen and oxygen atoms in total. The fraction of sp³-hybridized carbons (Fsp3) is 0.917. The summed E-state index contributed by atoms with van der Waals surface area (Å²) in [5.74, 6) is 2.53. The van der Waals surface area contributed by atoms with Gasteiger partial charge in [-0.1, -0.05) is 154 Å². The first kappa shape index (κ1) is 39.1. The van der Waals surface area contributed by atoms with Crippen molar-refractivity contribution < 1.29 is 0 Å². The van der Waals surface area contributed by atoms with Crippen molar-refractivity contribution in [2.24, 2.45) is 0 Å². The van der Waals surface area contributed by atoms with Gasteiger partial charge < -0.3 is 15.5 Å². The minimum atomic E-state index is 0.719. The summed E-state index contributed by atoms with van der Waals surface area (Å²) in [6, 6.07) is 0. The second-order valence-electron chi connectivity index (χ2n) is 13.2. The van der Waals surface area contributed by atoms with Gasteiger partial charge in [0.05, 0.1) is 0 Å². The van der Waals surface area contributed by atoms with Crippen LogP contribution in [0.25, 0.3) is 0 Å². The van der Waals surface area contributed by atoms with Gasteiger partial charge in [-0.2, -0.15) is 15.0 Å². The van der Waals surface area contributed by atoms with Gasteiger partial charge in [0, 0.05) is 51.6 Å². The molecule has 0 aliphatic carbocycles. The average molecular weight is 634 g/mol. The highest BCUT2D eigenvalue weighted by molar-refractivity contribution is 7.99. The summed E-state index contributed by atoms with van der Waals surface area (Å²) in [6.45, 7) is 12.0. The molecule has 2 N–H and O–H groups in total. The van der Waals surface area contributed by atoms with E-state index in [2.05, 4.69) is 41.3 Å². The van der Waals surface area contributed by atoms with Crippen molar-refractivity contribution in [3.05, 3.63) is 0 Å². The van der Waals surface area contributed by atoms with E-state index in [9.17, 15) is 0 Å². The second kappa shape index (κ2) is 28.1. The molecule has 0 aromatic carbocycles. The van der Waals surface area contributed by atoms with Gasteiger partial charge in [0.2, 0.25) is 11.9 Å². The number of thioether (sulfide) groups is 1. The molecule has 0 bridgehead atoms. The highest BCUT2D eigenvalue weighted by atomic mass is 32.2. The quantitative estimate of drug-likeness (QED) is 0.0641. The molecule has 8 heteroatoms. The number of hydrogen-bond donors (Lipinski definition) is 2. The molecule has 2 heterocycles. The molecule has 1 aliphatic rings. The van der Waals surface area contributed by atoms with Crippen LogP contribution in [0.4, 0.5) is 11.9 Å². The maximum Gasteiger partial charge on any atom is 0.228 e. The molecule has 0 atom stereocenters. The zero-order valence-corrected chi connectivity index (χ0v) is 30.2. The van der Waals surface area contributed by atoms with Gasteiger partial charge in [-0.05, 0) is 19.9 Å². The van der Waals surface area contributed by atoms with Crippen molar-refractivity contribution in [1.29, 1.82) is 0 Å². The van der Waals surface area contributed by atoms with Gasteiger partial charge in [0.25, 0.3) is 0 Å². The first-order valence-corrected chi connectivity index (χ1v) is 20.0. The molecule has 0 amide bonds. The Morgan fingerprint density at radius 1 is 0.523 bits per heavy atom. The monoisotopic (exact) mass is 634 g/mol. The predicted molar refractivity (Wildman–Crippen MR) is 194 cm³/mol. The molecular formula is C36H71N7S. The van der Waals surface area contributed by atoms with E-state index in [1.807, 2.05) is 0 Å². The highest BCUT2D eigenvalue weighted by Crippen LogP contribution is 2.20. The van der Waals surface area contributed by atoms with Crippen LogP contribution in [0, 0.1) is 0 Å². The van der Waals surface area contributed by atoms with Crippen LogP contribution in [0.3, 0.4) is 0 Å². The standard InChI is InChI=1S/C36H71N7S/c1-4-6-8-10-12-14-15-16-17-19-21-23-25-33-44-36-40-34(37-26-24-22-20-18-13-11-9-7-5-2)39-35(41-36)38-27-28-43-31-29-42(3)30-32-43/h4-33H2,1-3H3,(H2,37,38,39,40,41). The molecule has 1 saturated heterocycles. The number of nitrogens with zero attached hydrogens (tertiary/aromatic N) is 5. The van der Waals surface area contributed by atoms with Crippen LogP contribution in [0.1, 0.15) is 155 Å². The van der Waals surface area contributed by atoms with Gasteiger partial charge in [-0.25, -0.2) is 0 Å². The fourth-order valence-electron chi connectivity index (χ4n) is 5.90. The molecular weight excluding hydrogens is 563 g/mol. The summed E-state index contributed by atoms with van der Waals surface area (Å²) in [6.07, 6.45) is 30.2. The summed E-state index contributed by atoms with van der Waals surface area (Å²) in [7, 11) is 2.21. The van der Waals surface area contributed by atoms with E-state index in [0.717, 1.165) is 68.6 Å². The Hall–Kier alpha value is -1.12. The number of piperazine rings is 1. The van der Waals surface area contributed by atoms with Gasteiger partial charge in [-0.3, -0.25) is 4.90 Å². The Kier molecular flexibility index (Phi) is 25.0. The van der Waals surface area contributed by atoms with Crippen molar-refractivity contribution in [3.8, 4) is 0 Å². The van der Waals surface area contributed by atoms with Crippen LogP contribution < -0.4 is 10.6 Å². The van der Waals surface area contributed by atoms with E-state index >= 15 is 0 Å². The zero-order valence-electron chi connectivity index (χ0n) is 29.4. The van der Waals surface area contributed by atoms with Crippen LogP contribution in [-0.2, 0) is 0 Å². The Bertz CT molecular complexity index is 773. The molecule has 0 radical (unpaired) electrons. The third-order valence-corrected chi connectivity index (χ3v) is 9.90. The topological polar surface area (TPSA) is 69.2 Å². The maximum absolute atomic E-state index is 4.79. The predicted octanol–water partition coefficient (Wildman–Crippen LogP) is 9.66. The first-order valence-electron chi connectivity index (χ1n) is 19.0. The van der Waals surface area contributed by atoms with Crippen molar-refractivity contribution in [2.45, 2.75) is 160 Å². The average Bonchev–Trinajstić information content (AvgIpc) is 3.03. The highest BCUT2D eigenvalue weighted by Gasteiger charge is 2.13. The van der Waals surface area contributed by atoms with E-state index in [4.69, 9.17) is 15.0 Å². The zero-order chi connectivity index (χ0) is 31.3. The Labute approximate surface area is 277 Å².